The van der Waals surface area contributed by atoms with Crippen molar-refractivity contribution in [1.29, 1.82) is 0 Å². The van der Waals surface area contributed by atoms with E-state index in [9.17, 15) is 27.6 Å². The predicted molar refractivity (Wildman–Crippen MR) is 131 cm³/mol. The Balaban J connectivity index is 0.00000316. The van der Waals surface area contributed by atoms with Crippen molar-refractivity contribution in [3.63, 3.8) is 0 Å². The summed E-state index contributed by atoms with van der Waals surface area (Å²) in [6.45, 7) is 5.74. The van der Waals surface area contributed by atoms with Gasteiger partial charge in [-0.2, -0.15) is 13.2 Å². The molecule has 36 heavy (non-hydrogen) atoms. The number of ether oxygens (including phenoxy) is 2. The van der Waals surface area contributed by atoms with Gasteiger partial charge in [-0.1, -0.05) is 61.8 Å². The van der Waals surface area contributed by atoms with Crippen molar-refractivity contribution in [3.8, 4) is 0 Å². The van der Waals surface area contributed by atoms with Gasteiger partial charge in [-0.05, 0) is 36.6 Å². The molecule has 0 aliphatic carbocycles. The van der Waals surface area contributed by atoms with Crippen molar-refractivity contribution < 1.29 is 37.0 Å². The molecule has 0 saturated heterocycles. The van der Waals surface area contributed by atoms with Crippen LogP contribution in [0.5, 0.6) is 0 Å². The Bertz CT molecular complexity index is 987. The first-order chi connectivity index (χ1) is 17.1. The van der Waals surface area contributed by atoms with Gasteiger partial charge in [0.15, 0.2) is 0 Å². The van der Waals surface area contributed by atoms with Crippen LogP contribution in [0.3, 0.4) is 0 Å². The number of alkyl carbamates (subject to hydrolysis) is 1. The number of alkyl halides is 3. The van der Waals surface area contributed by atoms with E-state index < -0.39 is 36.6 Å². The molecule has 0 fully saturated rings. The molecule has 0 aromatic heterocycles. The zero-order chi connectivity index (χ0) is 27.1. The van der Waals surface area contributed by atoms with Gasteiger partial charge in [0, 0.05) is 6.42 Å². The Kier molecular flexibility index (Phi) is 13.4. The van der Waals surface area contributed by atoms with Crippen LogP contribution in [-0.2, 0) is 32.1 Å². The molecule has 7 nitrogen and oxygen atoms in total. The maximum Gasteiger partial charge on any atom is 0.408 e. The summed E-state index contributed by atoms with van der Waals surface area (Å²) in [5.74, 6) is -1.54. The second-order valence-corrected chi connectivity index (χ2v) is 7.59. The Morgan fingerprint density at radius 2 is 1.67 bits per heavy atom. The van der Waals surface area contributed by atoms with Crippen molar-refractivity contribution >= 4 is 35.3 Å². The number of amides is 2. The Morgan fingerprint density at radius 1 is 1.00 bits per heavy atom. The molecule has 0 aliphatic heterocycles. The lowest BCUT2D eigenvalue weighted by Crippen LogP contribution is -2.46. The fourth-order valence-electron chi connectivity index (χ4n) is 2.87. The molecule has 1 unspecified atom stereocenters. The van der Waals surface area contributed by atoms with E-state index in [4.69, 9.17) is 21.1 Å². The van der Waals surface area contributed by atoms with Gasteiger partial charge in [0.1, 0.15) is 12.6 Å². The van der Waals surface area contributed by atoms with Crippen LogP contribution < -0.4 is 10.6 Å². The third-order valence-corrected chi connectivity index (χ3v) is 4.80. The van der Waals surface area contributed by atoms with Crippen molar-refractivity contribution in [2.75, 3.05) is 11.9 Å². The van der Waals surface area contributed by atoms with Gasteiger partial charge >= 0.3 is 18.2 Å². The number of benzene rings is 2. The van der Waals surface area contributed by atoms with Gasteiger partial charge in [0.05, 0.1) is 23.7 Å². The molecule has 2 aromatic carbocycles. The molecule has 0 bridgehead atoms. The number of anilines is 1. The number of hydrogen-bond donors (Lipinski definition) is 2. The van der Waals surface area contributed by atoms with Crippen molar-refractivity contribution in [2.45, 2.75) is 58.9 Å². The monoisotopic (exact) mass is 530 g/mol. The van der Waals surface area contributed by atoms with E-state index in [1.54, 1.807) is 43.3 Å². The molecule has 0 aliphatic rings. The molecule has 198 valence electrons. The molecule has 2 amide bonds. The first-order valence-electron chi connectivity index (χ1n) is 11.4. The zero-order valence-corrected chi connectivity index (χ0v) is 21.0. The van der Waals surface area contributed by atoms with E-state index in [1.165, 1.54) is 12.1 Å². The fourth-order valence-corrected chi connectivity index (χ4v) is 3.04. The SMILES string of the molecule is CC.CCOC(=O)CCc1ccc(Cl)c(NC(=O)C(CC(F)(F)F)NC(=O)OCc2ccccc2)c1. The molecule has 0 heterocycles. The summed E-state index contributed by atoms with van der Waals surface area (Å²) in [4.78, 5) is 36.2. The minimum Gasteiger partial charge on any atom is -0.466 e. The second-order valence-electron chi connectivity index (χ2n) is 7.19. The number of rotatable bonds is 10. The van der Waals surface area contributed by atoms with E-state index in [1.807, 2.05) is 19.2 Å². The molecule has 0 saturated carbocycles. The molecule has 11 heteroatoms. The van der Waals surface area contributed by atoms with Crippen LogP contribution in [0.1, 0.15) is 44.7 Å². The van der Waals surface area contributed by atoms with Crippen LogP contribution in [0.15, 0.2) is 48.5 Å². The van der Waals surface area contributed by atoms with Gasteiger partial charge < -0.3 is 20.1 Å². The summed E-state index contributed by atoms with van der Waals surface area (Å²) in [5, 5.41) is 4.34. The van der Waals surface area contributed by atoms with Crippen molar-refractivity contribution in [1.82, 2.24) is 5.32 Å². The molecular weight excluding hydrogens is 501 g/mol. The third kappa shape index (κ3) is 11.9. The zero-order valence-electron chi connectivity index (χ0n) is 20.3. The number of aryl methyl sites for hydroxylation is 1. The fraction of sp³-hybridized carbons (Fsp3) is 0.400. The van der Waals surface area contributed by atoms with Crippen molar-refractivity contribution in [3.05, 3.63) is 64.7 Å². The maximum atomic E-state index is 13.0. The number of carbonyl (C=O) groups excluding carboxylic acids is 3. The lowest BCUT2D eigenvalue weighted by Gasteiger charge is -2.20. The summed E-state index contributed by atoms with van der Waals surface area (Å²) in [6, 6.07) is 11.1. The molecule has 0 spiro atoms. The number of halogens is 4. The summed E-state index contributed by atoms with van der Waals surface area (Å²) in [5.41, 5.74) is 1.27. The standard InChI is InChI=1S/C23H24ClF3N2O5.C2H6/c1-2-33-20(30)11-9-15-8-10-17(24)18(12-15)28-21(31)19(13-23(25,26)27)29-22(32)34-14-16-6-4-3-5-7-16;1-2/h3-8,10,12,19H,2,9,11,13-14H2,1H3,(H,28,31)(H,29,32);1-2H3. The van der Waals surface area contributed by atoms with Crippen LogP contribution in [0.4, 0.5) is 23.7 Å². The lowest BCUT2D eigenvalue weighted by molar-refractivity contribution is -0.146. The van der Waals surface area contributed by atoms with Gasteiger partial charge in [-0.25, -0.2) is 4.79 Å². The molecule has 2 aromatic rings. The molecule has 2 N–H and O–H groups in total. The van der Waals surface area contributed by atoms with Gasteiger partial charge in [-0.3, -0.25) is 9.59 Å². The normalized spacial score (nSPS) is 11.4. The second kappa shape index (κ2) is 15.7. The highest BCUT2D eigenvalue weighted by Crippen LogP contribution is 2.26. The number of esters is 1. The first-order valence-corrected chi connectivity index (χ1v) is 11.7. The molecular formula is C25H30ClF3N2O5. The average molecular weight is 531 g/mol. The largest absolute Gasteiger partial charge is 0.466 e. The Hall–Kier alpha value is -3.27. The summed E-state index contributed by atoms with van der Waals surface area (Å²) in [7, 11) is 0. The summed E-state index contributed by atoms with van der Waals surface area (Å²) in [6.07, 6.45) is -7.18. The maximum absolute atomic E-state index is 13.0. The van der Waals surface area contributed by atoms with Crippen LogP contribution in [0.2, 0.25) is 5.02 Å². The van der Waals surface area contributed by atoms with Crippen molar-refractivity contribution in [2.24, 2.45) is 0 Å². The highest BCUT2D eigenvalue weighted by atomic mass is 35.5. The summed E-state index contributed by atoms with van der Waals surface area (Å²) < 4.78 is 48.9. The number of nitrogens with one attached hydrogen (secondary N) is 2. The smallest absolute Gasteiger partial charge is 0.408 e. The van der Waals surface area contributed by atoms with E-state index in [2.05, 4.69) is 5.32 Å². The molecule has 1 atom stereocenters. The van der Waals surface area contributed by atoms with E-state index >= 15 is 0 Å². The van der Waals surface area contributed by atoms with Crippen LogP contribution in [-0.4, -0.2) is 36.8 Å². The van der Waals surface area contributed by atoms with E-state index in [0.717, 1.165) is 0 Å². The third-order valence-electron chi connectivity index (χ3n) is 4.47. The van der Waals surface area contributed by atoms with Crippen LogP contribution >= 0.6 is 11.6 Å². The van der Waals surface area contributed by atoms with Gasteiger partial charge in [0.2, 0.25) is 5.91 Å². The molecule has 2 rings (SSSR count). The predicted octanol–water partition coefficient (Wildman–Crippen LogP) is 6.05. The highest BCUT2D eigenvalue weighted by Gasteiger charge is 2.37. The first kappa shape index (κ1) is 30.8. The van der Waals surface area contributed by atoms with Crippen LogP contribution in [0.25, 0.3) is 0 Å². The average Bonchev–Trinajstić information content (AvgIpc) is 2.84. The molecule has 0 radical (unpaired) electrons. The lowest BCUT2D eigenvalue weighted by atomic mass is 10.1. The highest BCUT2D eigenvalue weighted by molar-refractivity contribution is 6.33. The minimum absolute atomic E-state index is 0.0413. The van der Waals surface area contributed by atoms with Gasteiger partial charge in [-0.15, -0.1) is 0 Å². The number of hydrogen-bond acceptors (Lipinski definition) is 5. The topological polar surface area (TPSA) is 93.7 Å². The number of carbonyl (C=O) groups is 3. The van der Waals surface area contributed by atoms with E-state index in [-0.39, 0.29) is 36.8 Å². The quantitative estimate of drug-likeness (QED) is 0.365. The Morgan fingerprint density at radius 3 is 2.28 bits per heavy atom. The van der Waals surface area contributed by atoms with Crippen LogP contribution in [0, 0.1) is 0 Å². The summed E-state index contributed by atoms with van der Waals surface area (Å²) >= 11 is 6.07. The minimum atomic E-state index is -4.74. The Labute approximate surface area is 213 Å². The van der Waals surface area contributed by atoms with E-state index in [0.29, 0.717) is 11.1 Å². The van der Waals surface area contributed by atoms with Gasteiger partial charge in [0.25, 0.3) is 0 Å².